The summed E-state index contributed by atoms with van der Waals surface area (Å²) in [5, 5.41) is 10.2. The van der Waals surface area contributed by atoms with Crippen LogP contribution in [0, 0.1) is 6.92 Å². The van der Waals surface area contributed by atoms with Crippen molar-refractivity contribution in [3.8, 4) is 0 Å². The molecule has 0 amide bonds. The smallest absolute Gasteiger partial charge is 0.327 e. The molecule has 3 aromatic rings. The molecule has 0 aliphatic carbocycles. The van der Waals surface area contributed by atoms with Crippen LogP contribution >= 0.6 is 11.3 Å². The van der Waals surface area contributed by atoms with E-state index in [-0.39, 0.29) is 28.9 Å². The number of aliphatic hydroxyl groups excluding tert-OH is 1. The van der Waals surface area contributed by atoms with Gasteiger partial charge in [0.05, 0.1) is 11.5 Å². The Morgan fingerprint density at radius 2 is 2.04 bits per heavy atom. The lowest BCUT2D eigenvalue weighted by atomic mass is 10.2. The van der Waals surface area contributed by atoms with Gasteiger partial charge in [0.1, 0.15) is 10.5 Å². The number of rotatable bonds is 6. The Hall–Kier alpha value is -2.34. The second kappa shape index (κ2) is 7.35. The molecule has 0 aromatic carbocycles. The largest absolute Gasteiger partial charge is 0.388 e. The number of aromatic nitrogens is 3. The maximum atomic E-state index is 12.7. The van der Waals surface area contributed by atoms with E-state index in [1.165, 1.54) is 24.5 Å². The third-order valence-electron chi connectivity index (χ3n) is 4.08. The Balaban J connectivity index is 1.81. The van der Waals surface area contributed by atoms with Crippen LogP contribution < -0.4 is 11.2 Å². The highest BCUT2D eigenvalue weighted by Crippen LogP contribution is 2.26. The van der Waals surface area contributed by atoms with E-state index in [4.69, 9.17) is 0 Å². The summed E-state index contributed by atoms with van der Waals surface area (Å²) < 4.78 is 26.6. The fraction of sp³-hybridized carbons (Fsp3) is 0.312. The summed E-state index contributed by atoms with van der Waals surface area (Å²) in [7, 11) is -2.52. The lowest BCUT2D eigenvalue weighted by molar-refractivity contribution is 0.164. The Morgan fingerprint density at radius 3 is 2.70 bits per heavy atom. The molecule has 144 valence electrons. The zero-order chi connectivity index (χ0) is 19.8. The predicted octanol–water partition coefficient (Wildman–Crippen LogP) is 0.726. The molecule has 3 N–H and O–H groups in total. The van der Waals surface area contributed by atoms with Gasteiger partial charge in [0, 0.05) is 29.5 Å². The predicted molar refractivity (Wildman–Crippen MR) is 101 cm³/mol. The quantitative estimate of drug-likeness (QED) is 0.548. The third kappa shape index (κ3) is 4.00. The highest BCUT2D eigenvalue weighted by Gasteiger charge is 2.23. The van der Waals surface area contributed by atoms with E-state index in [1.54, 1.807) is 0 Å². The SMILES string of the molecule is Cc1ccc(C(O)CCN(C)S(=O)(=O)c2cnc3[nH]c(=O)[nH]c(=O)c3c2)s1. The average molecular weight is 410 g/mol. The Morgan fingerprint density at radius 1 is 1.30 bits per heavy atom. The fourth-order valence-corrected chi connectivity index (χ4v) is 4.60. The number of hydrogen-bond donors (Lipinski definition) is 3. The molecule has 0 saturated heterocycles. The number of thiophene rings is 1. The fourth-order valence-electron chi connectivity index (χ4n) is 2.55. The van der Waals surface area contributed by atoms with Crippen LogP contribution in [0.1, 0.15) is 22.3 Å². The summed E-state index contributed by atoms with van der Waals surface area (Å²) in [6, 6.07) is 4.88. The van der Waals surface area contributed by atoms with Crippen molar-refractivity contribution in [1.29, 1.82) is 0 Å². The van der Waals surface area contributed by atoms with Gasteiger partial charge in [0.25, 0.3) is 5.56 Å². The van der Waals surface area contributed by atoms with Crippen LogP contribution in [-0.2, 0) is 10.0 Å². The van der Waals surface area contributed by atoms with Gasteiger partial charge in [-0.1, -0.05) is 0 Å². The topological polar surface area (TPSA) is 136 Å². The van der Waals surface area contributed by atoms with E-state index in [9.17, 15) is 23.1 Å². The first-order valence-electron chi connectivity index (χ1n) is 8.01. The highest BCUT2D eigenvalue weighted by atomic mass is 32.2. The van der Waals surface area contributed by atoms with Gasteiger partial charge < -0.3 is 5.11 Å². The Kier molecular flexibility index (Phi) is 5.29. The number of nitrogens with one attached hydrogen (secondary N) is 2. The van der Waals surface area contributed by atoms with Crippen LogP contribution in [0.25, 0.3) is 11.0 Å². The molecular weight excluding hydrogens is 392 g/mol. The highest BCUT2D eigenvalue weighted by molar-refractivity contribution is 7.89. The van der Waals surface area contributed by atoms with E-state index in [0.29, 0.717) is 0 Å². The molecule has 3 heterocycles. The molecule has 0 radical (unpaired) electrons. The van der Waals surface area contributed by atoms with Gasteiger partial charge in [0.15, 0.2) is 0 Å². The van der Waals surface area contributed by atoms with Crippen molar-refractivity contribution in [2.24, 2.45) is 0 Å². The number of H-pyrrole nitrogens is 2. The van der Waals surface area contributed by atoms with Crippen molar-refractivity contribution >= 4 is 32.4 Å². The van der Waals surface area contributed by atoms with Gasteiger partial charge in [-0.15, -0.1) is 11.3 Å². The van der Waals surface area contributed by atoms with Crippen LogP contribution in [0.2, 0.25) is 0 Å². The maximum Gasteiger partial charge on any atom is 0.327 e. The molecule has 0 spiro atoms. The number of aryl methyl sites for hydroxylation is 1. The Bertz CT molecular complexity index is 1200. The molecule has 3 rings (SSSR count). The lowest BCUT2D eigenvalue weighted by Gasteiger charge is -2.18. The molecule has 0 fully saturated rings. The minimum absolute atomic E-state index is 0.00819. The van der Waals surface area contributed by atoms with Crippen LogP contribution in [0.3, 0.4) is 0 Å². The molecule has 27 heavy (non-hydrogen) atoms. The van der Waals surface area contributed by atoms with E-state index in [2.05, 4.69) is 9.97 Å². The van der Waals surface area contributed by atoms with Crippen molar-refractivity contribution in [2.75, 3.05) is 13.6 Å². The molecule has 1 unspecified atom stereocenters. The summed E-state index contributed by atoms with van der Waals surface area (Å²) in [5.74, 6) is 0. The number of aliphatic hydroxyl groups is 1. The molecule has 0 saturated carbocycles. The van der Waals surface area contributed by atoms with Crippen molar-refractivity contribution in [1.82, 2.24) is 19.3 Å². The standard InChI is InChI=1S/C16H18N4O5S2/c1-9-3-4-13(26-9)12(21)5-6-20(2)27(24,25)10-7-11-14(17-8-10)18-16(23)19-15(11)22/h3-4,7-8,12,21H,5-6H2,1-2H3,(H2,17,18,19,22,23). The molecule has 11 heteroatoms. The van der Waals surface area contributed by atoms with Gasteiger partial charge in [-0.25, -0.2) is 22.5 Å². The van der Waals surface area contributed by atoms with E-state index in [1.807, 2.05) is 24.0 Å². The molecule has 3 aromatic heterocycles. The second-order valence-corrected chi connectivity index (χ2v) is 9.42. The minimum atomic E-state index is -3.91. The average Bonchev–Trinajstić information content (AvgIpc) is 3.05. The summed E-state index contributed by atoms with van der Waals surface area (Å²) in [6.45, 7) is 2.01. The number of hydrogen-bond acceptors (Lipinski definition) is 7. The molecule has 1 atom stereocenters. The monoisotopic (exact) mass is 410 g/mol. The van der Waals surface area contributed by atoms with E-state index >= 15 is 0 Å². The summed E-state index contributed by atoms with van der Waals surface area (Å²) in [4.78, 5) is 33.0. The zero-order valence-electron chi connectivity index (χ0n) is 14.6. The number of aromatic amines is 2. The number of nitrogens with zero attached hydrogens (tertiary/aromatic N) is 2. The van der Waals surface area contributed by atoms with E-state index < -0.39 is 27.4 Å². The number of fused-ring (bicyclic) bond motifs is 1. The summed E-state index contributed by atoms with van der Waals surface area (Å²) >= 11 is 1.46. The molecule has 0 bridgehead atoms. The van der Waals surface area contributed by atoms with Crippen LogP contribution in [0.15, 0.2) is 38.9 Å². The Labute approximate surface area is 158 Å². The van der Waals surface area contributed by atoms with Crippen molar-refractivity contribution in [3.05, 3.63) is 55.0 Å². The maximum absolute atomic E-state index is 12.7. The van der Waals surface area contributed by atoms with Gasteiger partial charge in [0.2, 0.25) is 10.0 Å². The third-order valence-corrected chi connectivity index (χ3v) is 7.01. The van der Waals surface area contributed by atoms with Gasteiger partial charge >= 0.3 is 5.69 Å². The molecule has 0 aliphatic rings. The molecule has 0 aliphatic heterocycles. The van der Waals surface area contributed by atoms with Gasteiger partial charge in [-0.05, 0) is 31.5 Å². The second-order valence-electron chi connectivity index (χ2n) is 6.05. The van der Waals surface area contributed by atoms with Gasteiger partial charge in [-0.3, -0.25) is 14.8 Å². The van der Waals surface area contributed by atoms with Crippen molar-refractivity contribution in [2.45, 2.75) is 24.3 Å². The normalized spacial score (nSPS) is 13.3. The first kappa shape index (κ1) is 19.4. The minimum Gasteiger partial charge on any atom is -0.388 e. The first-order chi connectivity index (χ1) is 12.7. The van der Waals surface area contributed by atoms with Crippen molar-refractivity contribution in [3.63, 3.8) is 0 Å². The zero-order valence-corrected chi connectivity index (χ0v) is 16.2. The summed E-state index contributed by atoms with van der Waals surface area (Å²) in [5.41, 5.74) is -1.43. The van der Waals surface area contributed by atoms with Crippen molar-refractivity contribution < 1.29 is 13.5 Å². The van der Waals surface area contributed by atoms with Crippen LogP contribution in [0.5, 0.6) is 0 Å². The van der Waals surface area contributed by atoms with Gasteiger partial charge in [-0.2, -0.15) is 0 Å². The van der Waals surface area contributed by atoms with E-state index in [0.717, 1.165) is 20.3 Å². The summed E-state index contributed by atoms with van der Waals surface area (Å²) in [6.07, 6.45) is 0.553. The van der Waals surface area contributed by atoms with Crippen LogP contribution in [-0.4, -0.2) is 46.4 Å². The van der Waals surface area contributed by atoms with Crippen LogP contribution in [0.4, 0.5) is 0 Å². The number of pyridine rings is 1. The molecule has 9 nitrogen and oxygen atoms in total. The lowest BCUT2D eigenvalue weighted by Crippen LogP contribution is -2.29. The number of sulfonamides is 1. The first-order valence-corrected chi connectivity index (χ1v) is 10.3. The molecular formula is C16H18N4O5S2.